The second-order valence-corrected chi connectivity index (χ2v) is 7.77. The van der Waals surface area contributed by atoms with Crippen LogP contribution >= 0.6 is 11.9 Å². The van der Waals surface area contributed by atoms with E-state index in [1.165, 1.54) is 36.9 Å². The topological polar surface area (TPSA) is 28.2 Å². The second-order valence-electron chi connectivity index (χ2n) is 6.89. The maximum atomic E-state index is 12.7. The first kappa shape index (κ1) is 19.1. The molecule has 0 atom stereocenters. The number of nitrogens with zero attached hydrogens (tertiary/aromatic N) is 2. The Bertz CT molecular complexity index is 951. The Labute approximate surface area is 166 Å². The normalized spacial score (nSPS) is 15.2. The Kier molecular flexibility index (Phi) is 5.46. The molecule has 1 N–H and O–H groups in total. The summed E-state index contributed by atoms with van der Waals surface area (Å²) in [6.45, 7) is 3.07. The summed E-state index contributed by atoms with van der Waals surface area (Å²) < 4.78 is 41.3. The molecule has 1 saturated heterocycles. The number of anilines is 1. The van der Waals surface area contributed by atoms with Crippen LogP contribution in [0.1, 0.15) is 24.1 Å². The smallest absolute Gasteiger partial charge is 0.324 e. The van der Waals surface area contributed by atoms with Crippen molar-refractivity contribution in [3.05, 3.63) is 65.9 Å². The lowest BCUT2D eigenvalue weighted by Crippen LogP contribution is -2.19. The van der Waals surface area contributed by atoms with Crippen LogP contribution < -0.4 is 4.72 Å². The molecule has 0 amide bonds. The Morgan fingerprint density at radius 1 is 0.964 bits per heavy atom. The molecule has 3 nitrogen and oxygen atoms in total. The summed E-state index contributed by atoms with van der Waals surface area (Å²) in [4.78, 5) is 7.94. The Morgan fingerprint density at radius 3 is 2.43 bits per heavy atom. The van der Waals surface area contributed by atoms with Gasteiger partial charge in [0.2, 0.25) is 0 Å². The van der Waals surface area contributed by atoms with Gasteiger partial charge in [-0.3, -0.25) is 4.90 Å². The molecule has 1 aliphatic rings. The standard InChI is InChI=1S/C21H20F3N3S/c22-21(23,24)16-7-10-18(11-8-16)28-26-19-5-3-4-15-6-9-17(25-20(15)19)14-27-12-1-2-13-27/h3-11,26H,1-2,12-14H2. The average molecular weight is 403 g/mol. The van der Waals surface area contributed by atoms with E-state index in [4.69, 9.17) is 4.98 Å². The number of hydrogen-bond acceptors (Lipinski definition) is 4. The van der Waals surface area contributed by atoms with Gasteiger partial charge in [0, 0.05) is 16.8 Å². The predicted molar refractivity (Wildman–Crippen MR) is 107 cm³/mol. The lowest BCUT2D eigenvalue weighted by Gasteiger charge is -2.15. The second kappa shape index (κ2) is 8.01. The van der Waals surface area contributed by atoms with Gasteiger partial charge in [-0.1, -0.05) is 18.2 Å². The lowest BCUT2D eigenvalue weighted by molar-refractivity contribution is -0.137. The van der Waals surface area contributed by atoms with E-state index in [2.05, 4.69) is 21.8 Å². The van der Waals surface area contributed by atoms with Crippen LogP contribution in [0.25, 0.3) is 10.9 Å². The van der Waals surface area contributed by atoms with Gasteiger partial charge in [0.25, 0.3) is 0 Å². The van der Waals surface area contributed by atoms with Crippen molar-refractivity contribution >= 4 is 28.5 Å². The van der Waals surface area contributed by atoms with Crippen molar-refractivity contribution in [1.29, 1.82) is 0 Å². The minimum atomic E-state index is -4.32. The van der Waals surface area contributed by atoms with Crippen molar-refractivity contribution in [3.63, 3.8) is 0 Å². The number of pyridine rings is 1. The number of alkyl halides is 3. The highest BCUT2D eigenvalue weighted by molar-refractivity contribution is 8.00. The number of aromatic nitrogens is 1. The van der Waals surface area contributed by atoms with E-state index in [-0.39, 0.29) is 0 Å². The number of halogens is 3. The minimum absolute atomic E-state index is 0.643. The third-order valence-electron chi connectivity index (χ3n) is 4.82. The molecule has 0 unspecified atom stereocenters. The molecule has 28 heavy (non-hydrogen) atoms. The van der Waals surface area contributed by atoms with Crippen molar-refractivity contribution in [2.45, 2.75) is 30.5 Å². The minimum Gasteiger partial charge on any atom is -0.324 e. The molecule has 1 aromatic heterocycles. The summed E-state index contributed by atoms with van der Waals surface area (Å²) >= 11 is 1.28. The van der Waals surface area contributed by atoms with E-state index in [1.807, 2.05) is 18.2 Å². The third-order valence-corrected chi connectivity index (χ3v) is 5.65. The Hall–Kier alpha value is -2.25. The van der Waals surface area contributed by atoms with Crippen LogP contribution in [0.3, 0.4) is 0 Å². The summed E-state index contributed by atoms with van der Waals surface area (Å²) in [6, 6.07) is 15.2. The zero-order valence-corrected chi connectivity index (χ0v) is 16.0. The van der Waals surface area contributed by atoms with Crippen LogP contribution in [-0.4, -0.2) is 23.0 Å². The van der Waals surface area contributed by atoms with E-state index in [9.17, 15) is 13.2 Å². The van der Waals surface area contributed by atoms with Gasteiger partial charge in [0.1, 0.15) is 0 Å². The number of para-hydroxylation sites is 1. The fourth-order valence-electron chi connectivity index (χ4n) is 3.35. The zero-order chi connectivity index (χ0) is 19.6. The van der Waals surface area contributed by atoms with Crippen LogP contribution in [0, 0.1) is 0 Å². The SMILES string of the molecule is FC(F)(F)c1ccc(SNc2cccc3ccc(CN4CCCC4)nc23)cc1. The fraction of sp³-hybridized carbons (Fsp3) is 0.286. The predicted octanol–water partition coefficient (Wildman–Crippen LogP) is 5.97. The first-order valence-corrected chi connectivity index (χ1v) is 10.0. The van der Waals surface area contributed by atoms with Gasteiger partial charge in [0.15, 0.2) is 0 Å². The molecule has 0 radical (unpaired) electrons. The van der Waals surface area contributed by atoms with Crippen molar-refractivity contribution in [3.8, 4) is 0 Å². The van der Waals surface area contributed by atoms with Gasteiger partial charge in [-0.2, -0.15) is 13.2 Å². The molecule has 7 heteroatoms. The molecule has 4 rings (SSSR count). The Balaban J connectivity index is 1.51. The van der Waals surface area contributed by atoms with Crippen molar-refractivity contribution < 1.29 is 13.2 Å². The summed E-state index contributed by atoms with van der Waals surface area (Å²) in [5, 5.41) is 1.03. The monoisotopic (exact) mass is 403 g/mol. The van der Waals surface area contributed by atoms with Gasteiger partial charge in [-0.05, 0) is 74.3 Å². The van der Waals surface area contributed by atoms with E-state index in [0.717, 1.165) is 54.1 Å². The Morgan fingerprint density at radius 2 is 1.71 bits per heavy atom. The van der Waals surface area contributed by atoms with E-state index in [1.54, 1.807) is 0 Å². The zero-order valence-electron chi connectivity index (χ0n) is 15.2. The van der Waals surface area contributed by atoms with Crippen LogP contribution in [0.5, 0.6) is 0 Å². The summed E-state index contributed by atoms with van der Waals surface area (Å²) in [5.74, 6) is 0. The first-order valence-electron chi connectivity index (χ1n) is 9.20. The summed E-state index contributed by atoms with van der Waals surface area (Å²) in [5.41, 5.74) is 2.11. The molecular formula is C21H20F3N3S. The quantitative estimate of drug-likeness (QED) is 0.532. The maximum absolute atomic E-state index is 12.7. The van der Waals surface area contributed by atoms with Crippen LogP contribution in [0.15, 0.2) is 59.5 Å². The molecular weight excluding hydrogens is 383 g/mol. The van der Waals surface area contributed by atoms with Gasteiger partial charge < -0.3 is 4.72 Å². The molecule has 146 valence electrons. The van der Waals surface area contributed by atoms with Crippen LogP contribution in [-0.2, 0) is 12.7 Å². The number of likely N-dealkylation sites (tertiary alicyclic amines) is 1. The largest absolute Gasteiger partial charge is 0.416 e. The van der Waals surface area contributed by atoms with Crippen molar-refractivity contribution in [2.75, 3.05) is 17.8 Å². The number of nitrogens with one attached hydrogen (secondary N) is 1. The number of fused-ring (bicyclic) bond motifs is 1. The van der Waals surface area contributed by atoms with Gasteiger partial charge in [0.05, 0.1) is 22.5 Å². The molecule has 0 spiro atoms. The van der Waals surface area contributed by atoms with E-state index >= 15 is 0 Å². The highest BCUT2D eigenvalue weighted by Gasteiger charge is 2.29. The molecule has 0 aliphatic carbocycles. The van der Waals surface area contributed by atoms with E-state index in [0.29, 0.717) is 4.90 Å². The van der Waals surface area contributed by atoms with E-state index < -0.39 is 11.7 Å². The molecule has 0 bridgehead atoms. The number of hydrogen-bond donors (Lipinski definition) is 1. The lowest BCUT2D eigenvalue weighted by atomic mass is 10.1. The molecule has 1 aliphatic heterocycles. The summed E-state index contributed by atoms with van der Waals surface area (Å²) in [6.07, 6.45) is -1.84. The van der Waals surface area contributed by atoms with Gasteiger partial charge >= 0.3 is 6.18 Å². The first-order chi connectivity index (χ1) is 13.5. The van der Waals surface area contributed by atoms with Crippen LogP contribution in [0.2, 0.25) is 0 Å². The molecule has 2 heterocycles. The fourth-order valence-corrected chi connectivity index (χ4v) is 4.02. The number of rotatable bonds is 5. The average Bonchev–Trinajstić information content (AvgIpc) is 3.19. The molecule has 3 aromatic rings. The van der Waals surface area contributed by atoms with Gasteiger partial charge in [-0.15, -0.1) is 0 Å². The third kappa shape index (κ3) is 4.42. The van der Waals surface area contributed by atoms with Crippen molar-refractivity contribution in [2.24, 2.45) is 0 Å². The highest BCUT2D eigenvalue weighted by atomic mass is 32.2. The van der Waals surface area contributed by atoms with Gasteiger partial charge in [-0.25, -0.2) is 4.98 Å². The molecule has 0 saturated carbocycles. The molecule has 1 fully saturated rings. The maximum Gasteiger partial charge on any atom is 0.416 e. The molecule has 2 aromatic carbocycles. The highest BCUT2D eigenvalue weighted by Crippen LogP contribution is 2.32. The summed E-state index contributed by atoms with van der Waals surface area (Å²) in [7, 11) is 0. The van der Waals surface area contributed by atoms with Crippen LogP contribution in [0.4, 0.5) is 18.9 Å². The number of benzene rings is 2. The van der Waals surface area contributed by atoms with Crippen molar-refractivity contribution in [1.82, 2.24) is 9.88 Å².